The molecule has 1 aliphatic rings. The average Bonchev–Trinajstić information content (AvgIpc) is 2.73. The molecule has 146 valence electrons. The Labute approximate surface area is 170 Å². The van der Waals surface area contributed by atoms with Crippen LogP contribution in [0.3, 0.4) is 0 Å². The number of methoxy groups -OCH3 is 1. The summed E-state index contributed by atoms with van der Waals surface area (Å²) in [6.45, 7) is 3.06. The molecule has 0 aliphatic carbocycles. The smallest absolute Gasteiger partial charge is 0.121 e. The van der Waals surface area contributed by atoms with Gasteiger partial charge in [-0.1, -0.05) is 23.7 Å². The molecule has 0 spiro atoms. The second kappa shape index (κ2) is 8.48. The number of benzene rings is 2. The van der Waals surface area contributed by atoms with Crippen LogP contribution < -0.4 is 4.74 Å². The number of rotatable bonds is 5. The van der Waals surface area contributed by atoms with Gasteiger partial charge in [0.1, 0.15) is 5.75 Å². The monoisotopic (exact) mass is 396 g/mol. The predicted octanol–water partition coefficient (Wildman–Crippen LogP) is 4.77. The highest BCUT2D eigenvalue weighted by Crippen LogP contribution is 2.30. The summed E-state index contributed by atoms with van der Waals surface area (Å²) in [7, 11) is 1.67. The van der Waals surface area contributed by atoms with Gasteiger partial charge in [-0.25, -0.2) is 4.98 Å². The van der Waals surface area contributed by atoms with E-state index in [2.05, 4.69) is 17.0 Å². The topological polar surface area (TPSA) is 45.6 Å². The van der Waals surface area contributed by atoms with Crippen LogP contribution in [0.5, 0.6) is 5.75 Å². The van der Waals surface area contributed by atoms with E-state index in [0.29, 0.717) is 5.92 Å². The Bertz CT molecular complexity index is 959. The molecule has 1 saturated heterocycles. The number of piperidine rings is 1. The maximum absolute atomic E-state index is 9.56. The van der Waals surface area contributed by atoms with Crippen molar-refractivity contribution in [2.45, 2.75) is 19.4 Å². The quantitative estimate of drug-likeness (QED) is 0.674. The first-order chi connectivity index (χ1) is 13.7. The molecule has 2 heterocycles. The summed E-state index contributed by atoms with van der Waals surface area (Å²) >= 11 is 6.09. The summed E-state index contributed by atoms with van der Waals surface area (Å²) in [6.07, 6.45) is 2.23. The van der Waals surface area contributed by atoms with E-state index in [9.17, 15) is 5.11 Å². The highest BCUT2D eigenvalue weighted by atomic mass is 35.5. The van der Waals surface area contributed by atoms with E-state index in [1.807, 2.05) is 36.4 Å². The van der Waals surface area contributed by atoms with Crippen LogP contribution in [-0.2, 0) is 6.54 Å². The van der Waals surface area contributed by atoms with Gasteiger partial charge in [-0.15, -0.1) is 0 Å². The molecule has 4 nitrogen and oxygen atoms in total. The molecule has 28 heavy (non-hydrogen) atoms. The van der Waals surface area contributed by atoms with Gasteiger partial charge in [0.05, 0.1) is 18.3 Å². The van der Waals surface area contributed by atoms with E-state index in [4.69, 9.17) is 21.3 Å². The zero-order valence-corrected chi connectivity index (χ0v) is 16.8. The maximum atomic E-state index is 9.56. The molecule has 0 saturated carbocycles. The van der Waals surface area contributed by atoms with Crippen LogP contribution in [0.15, 0.2) is 48.5 Å². The summed E-state index contributed by atoms with van der Waals surface area (Å²) in [5.74, 6) is 1.17. The highest BCUT2D eigenvalue weighted by molar-refractivity contribution is 6.30. The molecule has 1 N–H and O–H groups in total. The van der Waals surface area contributed by atoms with Crippen molar-refractivity contribution in [2.75, 3.05) is 26.8 Å². The summed E-state index contributed by atoms with van der Waals surface area (Å²) in [6, 6.07) is 16.1. The number of fused-ring (bicyclic) bond motifs is 1. The van der Waals surface area contributed by atoms with Crippen molar-refractivity contribution in [1.82, 2.24) is 9.88 Å². The van der Waals surface area contributed by atoms with Gasteiger partial charge in [0.15, 0.2) is 0 Å². The lowest BCUT2D eigenvalue weighted by Gasteiger charge is -2.32. The van der Waals surface area contributed by atoms with E-state index in [0.717, 1.165) is 65.4 Å². The molecule has 1 atom stereocenters. The van der Waals surface area contributed by atoms with Crippen molar-refractivity contribution in [2.24, 2.45) is 5.92 Å². The van der Waals surface area contributed by atoms with E-state index >= 15 is 0 Å². The van der Waals surface area contributed by atoms with Crippen LogP contribution in [0.2, 0.25) is 5.02 Å². The van der Waals surface area contributed by atoms with Crippen LogP contribution in [0.1, 0.15) is 18.4 Å². The minimum Gasteiger partial charge on any atom is -0.497 e. The number of pyridine rings is 1. The summed E-state index contributed by atoms with van der Waals surface area (Å²) in [5.41, 5.74) is 4.14. The summed E-state index contributed by atoms with van der Waals surface area (Å²) in [5, 5.41) is 11.4. The standard InChI is InChI=1S/C23H25ClN2O2/c1-28-21-9-6-18-11-19(14-26-10-2-3-16(13-26)15-27)23(25-22(18)12-21)17-4-7-20(24)8-5-17/h4-9,11-12,16,27H,2-3,10,13-15H2,1H3/t16-/m0/s1. The van der Waals surface area contributed by atoms with E-state index < -0.39 is 0 Å². The number of nitrogens with zero attached hydrogens (tertiary/aromatic N) is 2. The zero-order chi connectivity index (χ0) is 19.5. The first-order valence-electron chi connectivity index (χ1n) is 9.73. The third-order valence-electron chi connectivity index (χ3n) is 5.48. The Kier molecular flexibility index (Phi) is 5.81. The van der Waals surface area contributed by atoms with Crippen molar-refractivity contribution in [3.63, 3.8) is 0 Å². The van der Waals surface area contributed by atoms with Crippen molar-refractivity contribution in [3.05, 3.63) is 59.1 Å². The fourth-order valence-corrected chi connectivity index (χ4v) is 4.11. The van der Waals surface area contributed by atoms with Crippen molar-refractivity contribution in [1.29, 1.82) is 0 Å². The molecule has 3 aromatic rings. The second-order valence-electron chi connectivity index (χ2n) is 7.49. The zero-order valence-electron chi connectivity index (χ0n) is 16.1. The normalized spacial score (nSPS) is 17.8. The molecule has 2 aromatic carbocycles. The number of hydrogen-bond donors (Lipinski definition) is 1. The molecular formula is C23H25ClN2O2. The van der Waals surface area contributed by atoms with Gasteiger partial charge >= 0.3 is 0 Å². The fraction of sp³-hybridized carbons (Fsp3) is 0.348. The minimum atomic E-state index is 0.260. The minimum absolute atomic E-state index is 0.260. The molecule has 4 rings (SSSR count). The number of hydrogen-bond acceptors (Lipinski definition) is 4. The molecule has 0 unspecified atom stereocenters. The Morgan fingerprint density at radius 2 is 2.00 bits per heavy atom. The molecule has 5 heteroatoms. The average molecular weight is 397 g/mol. The molecule has 0 radical (unpaired) electrons. The lowest BCUT2D eigenvalue weighted by atomic mass is 9.97. The Morgan fingerprint density at radius 1 is 1.18 bits per heavy atom. The van der Waals surface area contributed by atoms with Gasteiger partial charge in [0.2, 0.25) is 0 Å². The molecule has 0 amide bonds. The third-order valence-corrected chi connectivity index (χ3v) is 5.73. The lowest BCUT2D eigenvalue weighted by Crippen LogP contribution is -2.36. The van der Waals surface area contributed by atoms with E-state index in [1.165, 1.54) is 5.56 Å². The third kappa shape index (κ3) is 4.14. The van der Waals surface area contributed by atoms with Crippen molar-refractivity contribution < 1.29 is 9.84 Å². The van der Waals surface area contributed by atoms with Crippen molar-refractivity contribution in [3.8, 4) is 17.0 Å². The molecule has 0 bridgehead atoms. The van der Waals surface area contributed by atoms with Crippen LogP contribution in [0.25, 0.3) is 22.2 Å². The number of aliphatic hydroxyl groups is 1. The Balaban J connectivity index is 1.76. The summed E-state index contributed by atoms with van der Waals surface area (Å²) < 4.78 is 5.37. The molecule has 1 aliphatic heterocycles. The van der Waals surface area contributed by atoms with Gasteiger partial charge in [-0.05, 0) is 61.2 Å². The molecular weight excluding hydrogens is 372 g/mol. The van der Waals surface area contributed by atoms with Crippen molar-refractivity contribution >= 4 is 22.5 Å². The number of halogens is 1. The Morgan fingerprint density at radius 3 is 2.75 bits per heavy atom. The van der Waals surface area contributed by atoms with Crippen LogP contribution in [0, 0.1) is 5.92 Å². The van der Waals surface area contributed by atoms with Gasteiger partial charge in [0, 0.05) is 41.7 Å². The molecule has 1 fully saturated rings. The van der Waals surface area contributed by atoms with Gasteiger partial charge in [-0.3, -0.25) is 4.90 Å². The van der Waals surface area contributed by atoms with Gasteiger partial charge in [0.25, 0.3) is 0 Å². The summed E-state index contributed by atoms with van der Waals surface area (Å²) in [4.78, 5) is 7.42. The second-order valence-corrected chi connectivity index (χ2v) is 7.92. The number of ether oxygens (including phenoxy) is 1. The largest absolute Gasteiger partial charge is 0.497 e. The van der Waals surface area contributed by atoms with E-state index in [-0.39, 0.29) is 6.61 Å². The van der Waals surface area contributed by atoms with Crippen LogP contribution in [0.4, 0.5) is 0 Å². The Hall–Kier alpha value is -2.14. The number of likely N-dealkylation sites (tertiary alicyclic amines) is 1. The first-order valence-corrected chi connectivity index (χ1v) is 10.1. The van der Waals surface area contributed by atoms with E-state index in [1.54, 1.807) is 7.11 Å². The number of aromatic nitrogens is 1. The number of aliphatic hydroxyl groups excluding tert-OH is 1. The first kappa shape index (κ1) is 19.2. The SMILES string of the molecule is COc1ccc2cc(CN3CCC[C@H](CO)C3)c(-c3ccc(Cl)cc3)nc2c1. The van der Waals surface area contributed by atoms with Gasteiger partial charge in [-0.2, -0.15) is 0 Å². The highest BCUT2D eigenvalue weighted by Gasteiger charge is 2.21. The fourth-order valence-electron chi connectivity index (χ4n) is 3.98. The lowest BCUT2D eigenvalue weighted by molar-refractivity contribution is 0.116. The van der Waals surface area contributed by atoms with Crippen LogP contribution >= 0.6 is 11.6 Å². The van der Waals surface area contributed by atoms with Gasteiger partial charge < -0.3 is 9.84 Å². The molecule has 1 aromatic heterocycles. The predicted molar refractivity (Wildman–Crippen MR) is 114 cm³/mol. The van der Waals surface area contributed by atoms with Crippen LogP contribution in [-0.4, -0.2) is 41.8 Å². The maximum Gasteiger partial charge on any atom is 0.121 e.